The molecule has 0 fully saturated rings. The van der Waals surface area contributed by atoms with Gasteiger partial charge in [-0.05, 0) is 51.0 Å². The van der Waals surface area contributed by atoms with Crippen LogP contribution in [0.2, 0.25) is 0 Å². The van der Waals surface area contributed by atoms with Crippen LogP contribution in [0.15, 0.2) is 11.3 Å². The second-order valence-electron chi connectivity index (χ2n) is 4.76. The lowest BCUT2D eigenvalue weighted by atomic mass is 9.95. The molecule has 14 heavy (non-hydrogen) atoms. The molecule has 0 bridgehead atoms. The smallest absolute Gasteiger partial charge is 0.0955 e. The van der Waals surface area contributed by atoms with Crippen LogP contribution in [0.4, 0.5) is 0 Å². The summed E-state index contributed by atoms with van der Waals surface area (Å²) in [6, 6.07) is 0. The van der Waals surface area contributed by atoms with Crippen LogP contribution in [0.3, 0.4) is 0 Å². The molecule has 0 aromatic rings. The lowest BCUT2D eigenvalue weighted by Crippen LogP contribution is -2.07. The first-order valence-corrected chi connectivity index (χ1v) is 6.24. The molecule has 1 aliphatic carbocycles. The van der Waals surface area contributed by atoms with Crippen LogP contribution in [0.25, 0.3) is 0 Å². The molecule has 0 aromatic carbocycles. The van der Waals surface area contributed by atoms with Gasteiger partial charge in [-0.2, -0.15) is 0 Å². The minimum absolute atomic E-state index is 0.460. The van der Waals surface area contributed by atoms with Gasteiger partial charge < -0.3 is 4.74 Å². The molecule has 0 radical (unpaired) electrons. The third kappa shape index (κ3) is 2.52. The van der Waals surface area contributed by atoms with E-state index in [-0.39, 0.29) is 0 Å². The maximum absolute atomic E-state index is 6.03. The van der Waals surface area contributed by atoms with Crippen molar-refractivity contribution in [3.63, 3.8) is 0 Å². The van der Waals surface area contributed by atoms with Gasteiger partial charge in [0.2, 0.25) is 0 Å². The molecule has 0 N–H and O–H groups in total. The Morgan fingerprint density at radius 1 is 0.929 bits per heavy atom. The summed E-state index contributed by atoms with van der Waals surface area (Å²) >= 11 is 0. The van der Waals surface area contributed by atoms with Crippen molar-refractivity contribution in [2.24, 2.45) is 0 Å². The summed E-state index contributed by atoms with van der Waals surface area (Å²) in [6.45, 7) is 2.22. The highest BCUT2D eigenvalue weighted by Gasteiger charge is 2.17. The van der Waals surface area contributed by atoms with Gasteiger partial charge in [0, 0.05) is 6.42 Å². The summed E-state index contributed by atoms with van der Waals surface area (Å²) < 4.78 is 6.03. The molecule has 0 aromatic heterocycles. The zero-order chi connectivity index (χ0) is 9.80. The molecule has 1 atom stereocenters. The number of hydrogen-bond donors (Lipinski definition) is 0. The van der Waals surface area contributed by atoms with E-state index in [4.69, 9.17) is 4.74 Å². The molecule has 0 saturated carbocycles. The van der Waals surface area contributed by atoms with Crippen molar-refractivity contribution in [1.82, 2.24) is 0 Å². The van der Waals surface area contributed by atoms with E-state index in [2.05, 4.69) is 6.92 Å². The predicted molar refractivity (Wildman–Crippen MR) is 59.1 cm³/mol. The number of rotatable bonds is 0. The highest BCUT2D eigenvalue weighted by Crippen LogP contribution is 2.31. The summed E-state index contributed by atoms with van der Waals surface area (Å²) in [7, 11) is 0. The van der Waals surface area contributed by atoms with Gasteiger partial charge >= 0.3 is 0 Å². The van der Waals surface area contributed by atoms with Crippen LogP contribution >= 0.6 is 0 Å². The van der Waals surface area contributed by atoms with Crippen molar-refractivity contribution in [3.8, 4) is 0 Å². The van der Waals surface area contributed by atoms with Crippen LogP contribution in [-0.4, -0.2) is 6.10 Å². The van der Waals surface area contributed by atoms with E-state index < -0.39 is 0 Å². The van der Waals surface area contributed by atoms with E-state index in [9.17, 15) is 0 Å². The standard InChI is InChI=1S/C13H22O/c1-11-7-6-9-12-8-4-2-3-5-10-13(12)14-11/h11H,2-10H2,1H3. The lowest BCUT2D eigenvalue weighted by Gasteiger charge is -2.19. The minimum Gasteiger partial charge on any atom is -0.495 e. The Kier molecular flexibility index (Phi) is 3.49. The lowest BCUT2D eigenvalue weighted by molar-refractivity contribution is 0.118. The zero-order valence-corrected chi connectivity index (χ0v) is 9.35. The maximum atomic E-state index is 6.03. The van der Waals surface area contributed by atoms with E-state index in [1.165, 1.54) is 63.5 Å². The van der Waals surface area contributed by atoms with Gasteiger partial charge in [0.15, 0.2) is 0 Å². The molecule has 0 saturated heterocycles. The van der Waals surface area contributed by atoms with Crippen molar-refractivity contribution in [2.45, 2.75) is 70.8 Å². The average Bonchev–Trinajstić information content (AvgIpc) is 2.29. The molecule has 1 heterocycles. The van der Waals surface area contributed by atoms with Crippen molar-refractivity contribution in [2.75, 3.05) is 0 Å². The fourth-order valence-electron chi connectivity index (χ4n) is 2.61. The SMILES string of the molecule is CC1CCCC2=C(CCCCCC2)O1. The Balaban J connectivity index is 2.09. The van der Waals surface area contributed by atoms with Crippen molar-refractivity contribution in [3.05, 3.63) is 11.3 Å². The van der Waals surface area contributed by atoms with Crippen LogP contribution in [0.1, 0.15) is 64.7 Å². The topological polar surface area (TPSA) is 9.23 Å². The van der Waals surface area contributed by atoms with Crippen molar-refractivity contribution >= 4 is 0 Å². The molecule has 1 aliphatic heterocycles. The molecule has 2 aliphatic rings. The first-order chi connectivity index (χ1) is 6.86. The molecule has 80 valence electrons. The van der Waals surface area contributed by atoms with Gasteiger partial charge in [-0.1, -0.05) is 12.8 Å². The fourth-order valence-corrected chi connectivity index (χ4v) is 2.61. The van der Waals surface area contributed by atoms with Gasteiger partial charge in [-0.15, -0.1) is 0 Å². The van der Waals surface area contributed by atoms with Gasteiger partial charge in [-0.25, -0.2) is 0 Å². The van der Waals surface area contributed by atoms with E-state index in [1.807, 2.05) is 0 Å². The van der Waals surface area contributed by atoms with Gasteiger partial charge in [0.1, 0.15) is 0 Å². The van der Waals surface area contributed by atoms with Crippen LogP contribution in [0.5, 0.6) is 0 Å². The molecule has 0 amide bonds. The summed E-state index contributed by atoms with van der Waals surface area (Å²) in [4.78, 5) is 0. The van der Waals surface area contributed by atoms with Gasteiger partial charge in [0.05, 0.1) is 11.9 Å². The fraction of sp³-hybridized carbons (Fsp3) is 0.846. The van der Waals surface area contributed by atoms with Gasteiger partial charge in [0.25, 0.3) is 0 Å². The molecule has 1 heteroatoms. The van der Waals surface area contributed by atoms with Gasteiger partial charge in [-0.3, -0.25) is 0 Å². The summed E-state index contributed by atoms with van der Waals surface area (Å²) in [5.41, 5.74) is 1.65. The predicted octanol–water partition coefficient (Wildman–Crippen LogP) is 4.18. The largest absolute Gasteiger partial charge is 0.495 e. The van der Waals surface area contributed by atoms with Crippen molar-refractivity contribution in [1.29, 1.82) is 0 Å². The summed E-state index contributed by atoms with van der Waals surface area (Å²) in [5.74, 6) is 1.37. The second kappa shape index (κ2) is 4.86. The first kappa shape index (κ1) is 10.1. The van der Waals surface area contributed by atoms with E-state index in [0.29, 0.717) is 6.10 Å². The normalized spacial score (nSPS) is 29.6. The maximum Gasteiger partial charge on any atom is 0.0955 e. The van der Waals surface area contributed by atoms with Crippen LogP contribution in [-0.2, 0) is 4.74 Å². The number of hydrogen-bond acceptors (Lipinski definition) is 1. The average molecular weight is 194 g/mol. The first-order valence-electron chi connectivity index (χ1n) is 6.24. The molecular weight excluding hydrogens is 172 g/mol. The third-order valence-electron chi connectivity index (χ3n) is 3.46. The van der Waals surface area contributed by atoms with E-state index >= 15 is 0 Å². The second-order valence-corrected chi connectivity index (χ2v) is 4.76. The van der Waals surface area contributed by atoms with E-state index in [0.717, 1.165) is 0 Å². The molecule has 2 rings (SSSR count). The van der Waals surface area contributed by atoms with Crippen LogP contribution in [0, 0.1) is 0 Å². The molecule has 0 spiro atoms. The highest BCUT2D eigenvalue weighted by atomic mass is 16.5. The molecule has 1 unspecified atom stereocenters. The third-order valence-corrected chi connectivity index (χ3v) is 3.46. The minimum atomic E-state index is 0.460. The number of allylic oxidation sites excluding steroid dienone is 2. The molecule has 1 nitrogen and oxygen atoms in total. The van der Waals surface area contributed by atoms with Crippen molar-refractivity contribution < 1.29 is 4.74 Å². The van der Waals surface area contributed by atoms with E-state index in [1.54, 1.807) is 5.57 Å². The quantitative estimate of drug-likeness (QED) is 0.562. The summed E-state index contributed by atoms with van der Waals surface area (Å²) in [6.07, 6.45) is 12.4. The summed E-state index contributed by atoms with van der Waals surface area (Å²) in [5, 5.41) is 0. The number of ether oxygens (including phenoxy) is 1. The van der Waals surface area contributed by atoms with Crippen LogP contribution < -0.4 is 0 Å². The zero-order valence-electron chi connectivity index (χ0n) is 9.35. The Labute approximate surface area is 87.5 Å². The Morgan fingerprint density at radius 2 is 1.64 bits per heavy atom. The Bertz CT molecular complexity index is 217. The molecular formula is C13H22O. The Hall–Kier alpha value is -0.460. The highest BCUT2D eigenvalue weighted by molar-refractivity contribution is 5.11. The monoisotopic (exact) mass is 194 g/mol. The Morgan fingerprint density at radius 3 is 2.50 bits per heavy atom.